The molecule has 0 unspecified atom stereocenters. The molecule has 5 nitrogen and oxygen atoms in total. The van der Waals surface area contributed by atoms with Gasteiger partial charge in [0.25, 0.3) is 5.91 Å². The van der Waals surface area contributed by atoms with Crippen molar-refractivity contribution < 1.29 is 19.1 Å². The van der Waals surface area contributed by atoms with E-state index in [1.54, 1.807) is 14.0 Å². The summed E-state index contributed by atoms with van der Waals surface area (Å²) >= 11 is 0. The van der Waals surface area contributed by atoms with Gasteiger partial charge in [-0.15, -0.1) is 0 Å². The molecule has 1 amide bonds. The Labute approximate surface area is 119 Å². The van der Waals surface area contributed by atoms with Crippen molar-refractivity contribution >= 4 is 11.9 Å². The van der Waals surface area contributed by atoms with Gasteiger partial charge in [0.2, 0.25) is 0 Å². The molecule has 0 saturated heterocycles. The molecule has 0 atom stereocenters. The standard InChI is InChI=1S/C15H23NO4/c1-10-4-6-15(7-5-10)12(11(2)14(18)20-15)13(17)16-8-9-19-3/h10H,4-9H2,1-3H3,(H,16,17). The maximum atomic E-state index is 12.4. The molecule has 1 heterocycles. The highest BCUT2D eigenvalue weighted by atomic mass is 16.6. The number of amides is 1. The van der Waals surface area contributed by atoms with Gasteiger partial charge in [0.1, 0.15) is 5.60 Å². The second-order valence-electron chi connectivity index (χ2n) is 5.82. The molecule has 1 aliphatic heterocycles. The van der Waals surface area contributed by atoms with Gasteiger partial charge in [-0.05, 0) is 38.5 Å². The molecule has 0 radical (unpaired) electrons. The Bertz CT molecular complexity index is 433. The maximum Gasteiger partial charge on any atom is 0.335 e. The van der Waals surface area contributed by atoms with Crippen molar-refractivity contribution in [1.29, 1.82) is 0 Å². The van der Waals surface area contributed by atoms with Crippen molar-refractivity contribution in [2.24, 2.45) is 5.92 Å². The number of methoxy groups -OCH3 is 1. The molecule has 0 bridgehead atoms. The second-order valence-corrected chi connectivity index (χ2v) is 5.82. The van der Waals surface area contributed by atoms with Crippen molar-refractivity contribution in [3.05, 3.63) is 11.1 Å². The van der Waals surface area contributed by atoms with Crippen LogP contribution in [0.15, 0.2) is 11.1 Å². The third-order valence-electron chi connectivity index (χ3n) is 4.33. The molecule has 1 fully saturated rings. The van der Waals surface area contributed by atoms with E-state index in [0.717, 1.165) is 25.7 Å². The molecular formula is C15H23NO4. The van der Waals surface area contributed by atoms with Crippen molar-refractivity contribution in [3.8, 4) is 0 Å². The van der Waals surface area contributed by atoms with Crippen LogP contribution in [0.4, 0.5) is 0 Å². The molecular weight excluding hydrogens is 258 g/mol. The molecule has 112 valence electrons. The number of esters is 1. The van der Waals surface area contributed by atoms with E-state index >= 15 is 0 Å². The molecule has 20 heavy (non-hydrogen) atoms. The number of rotatable bonds is 4. The number of carbonyl (C=O) groups is 2. The summed E-state index contributed by atoms with van der Waals surface area (Å²) in [5.41, 5.74) is 0.296. The summed E-state index contributed by atoms with van der Waals surface area (Å²) in [4.78, 5) is 24.3. The topological polar surface area (TPSA) is 64.6 Å². The van der Waals surface area contributed by atoms with E-state index in [0.29, 0.717) is 30.2 Å². The predicted octanol–water partition coefficient (Wildman–Crippen LogP) is 1.57. The summed E-state index contributed by atoms with van der Waals surface area (Å²) in [6, 6.07) is 0. The molecule has 0 aromatic carbocycles. The summed E-state index contributed by atoms with van der Waals surface area (Å²) in [6.07, 6.45) is 3.44. The van der Waals surface area contributed by atoms with Crippen molar-refractivity contribution in [2.45, 2.75) is 45.1 Å². The zero-order valence-electron chi connectivity index (χ0n) is 12.5. The Kier molecular flexibility index (Phi) is 4.48. The fraction of sp³-hybridized carbons (Fsp3) is 0.733. The largest absolute Gasteiger partial charge is 0.451 e. The van der Waals surface area contributed by atoms with E-state index in [1.165, 1.54) is 0 Å². The van der Waals surface area contributed by atoms with Crippen molar-refractivity contribution in [2.75, 3.05) is 20.3 Å². The Morgan fingerprint density at radius 3 is 2.70 bits per heavy atom. The fourth-order valence-electron chi connectivity index (χ4n) is 3.06. The lowest BCUT2D eigenvalue weighted by molar-refractivity contribution is -0.150. The zero-order valence-corrected chi connectivity index (χ0v) is 12.5. The zero-order chi connectivity index (χ0) is 14.8. The van der Waals surface area contributed by atoms with Crippen LogP contribution in [0.1, 0.15) is 39.5 Å². The van der Waals surface area contributed by atoms with Gasteiger partial charge in [-0.2, -0.15) is 0 Å². The second kappa shape index (κ2) is 5.95. The van der Waals surface area contributed by atoms with E-state index in [2.05, 4.69) is 12.2 Å². The highest BCUT2D eigenvalue weighted by Crippen LogP contribution is 2.45. The Morgan fingerprint density at radius 1 is 1.45 bits per heavy atom. The highest BCUT2D eigenvalue weighted by molar-refractivity contribution is 6.07. The average Bonchev–Trinajstić information content (AvgIpc) is 2.66. The Morgan fingerprint density at radius 2 is 2.10 bits per heavy atom. The van der Waals surface area contributed by atoms with E-state index < -0.39 is 5.60 Å². The number of carbonyl (C=O) groups excluding carboxylic acids is 2. The molecule has 1 N–H and O–H groups in total. The minimum atomic E-state index is -0.690. The van der Waals surface area contributed by atoms with E-state index in [1.807, 2.05) is 0 Å². The third kappa shape index (κ3) is 2.73. The van der Waals surface area contributed by atoms with E-state index in [9.17, 15) is 9.59 Å². The summed E-state index contributed by atoms with van der Waals surface area (Å²) in [5, 5.41) is 2.81. The van der Waals surface area contributed by atoms with Gasteiger partial charge in [-0.3, -0.25) is 4.79 Å². The maximum absolute atomic E-state index is 12.4. The van der Waals surface area contributed by atoms with Gasteiger partial charge in [0, 0.05) is 19.2 Å². The smallest absolute Gasteiger partial charge is 0.335 e. The first-order valence-electron chi connectivity index (χ1n) is 7.22. The summed E-state index contributed by atoms with van der Waals surface area (Å²) in [7, 11) is 1.59. The number of ether oxygens (including phenoxy) is 2. The predicted molar refractivity (Wildman–Crippen MR) is 74.0 cm³/mol. The van der Waals surface area contributed by atoms with Crippen LogP contribution in [0.5, 0.6) is 0 Å². The van der Waals surface area contributed by atoms with Crippen LogP contribution < -0.4 is 5.32 Å². The van der Waals surface area contributed by atoms with Crippen LogP contribution in [-0.2, 0) is 19.1 Å². The molecule has 0 aromatic heterocycles. The molecule has 1 aliphatic carbocycles. The first-order chi connectivity index (χ1) is 9.50. The molecule has 1 saturated carbocycles. The van der Waals surface area contributed by atoms with Gasteiger partial charge >= 0.3 is 5.97 Å². The van der Waals surface area contributed by atoms with Gasteiger partial charge < -0.3 is 14.8 Å². The molecule has 2 rings (SSSR count). The van der Waals surface area contributed by atoms with Crippen LogP contribution in [0.3, 0.4) is 0 Å². The first kappa shape index (κ1) is 15.0. The van der Waals surface area contributed by atoms with Gasteiger partial charge in [-0.25, -0.2) is 4.79 Å². The van der Waals surface area contributed by atoms with Crippen molar-refractivity contribution in [1.82, 2.24) is 5.32 Å². The first-order valence-corrected chi connectivity index (χ1v) is 7.22. The third-order valence-corrected chi connectivity index (χ3v) is 4.33. The number of hydrogen-bond donors (Lipinski definition) is 1. The fourth-order valence-corrected chi connectivity index (χ4v) is 3.06. The molecule has 5 heteroatoms. The van der Waals surface area contributed by atoms with Crippen molar-refractivity contribution in [3.63, 3.8) is 0 Å². The lowest BCUT2D eigenvalue weighted by Gasteiger charge is -2.36. The number of hydrogen-bond acceptors (Lipinski definition) is 4. The van der Waals surface area contributed by atoms with Crippen LogP contribution in [0, 0.1) is 5.92 Å². The number of nitrogens with one attached hydrogen (secondary N) is 1. The van der Waals surface area contributed by atoms with Gasteiger partial charge in [0.15, 0.2) is 0 Å². The van der Waals surface area contributed by atoms with E-state index in [-0.39, 0.29) is 11.9 Å². The summed E-state index contributed by atoms with van der Waals surface area (Å²) in [5.74, 6) is 0.0782. The lowest BCUT2D eigenvalue weighted by Crippen LogP contribution is -2.42. The van der Waals surface area contributed by atoms with Crippen LogP contribution >= 0.6 is 0 Å². The quantitative estimate of drug-likeness (QED) is 0.627. The highest BCUT2D eigenvalue weighted by Gasteiger charge is 2.50. The van der Waals surface area contributed by atoms with Gasteiger partial charge in [-0.1, -0.05) is 6.92 Å². The lowest BCUT2D eigenvalue weighted by atomic mass is 9.75. The molecule has 2 aliphatic rings. The summed E-state index contributed by atoms with van der Waals surface area (Å²) in [6.45, 7) is 4.77. The Balaban J connectivity index is 2.17. The Hall–Kier alpha value is -1.36. The minimum Gasteiger partial charge on any atom is -0.451 e. The minimum absolute atomic E-state index is 0.194. The van der Waals surface area contributed by atoms with Gasteiger partial charge in [0.05, 0.1) is 12.2 Å². The van der Waals surface area contributed by atoms with Crippen LogP contribution in [0.25, 0.3) is 0 Å². The molecule has 1 spiro atoms. The van der Waals surface area contributed by atoms with Crippen LogP contribution in [0.2, 0.25) is 0 Å². The SMILES string of the molecule is COCCNC(=O)C1=C(C)C(=O)OC12CCC(C)CC2. The van der Waals surface area contributed by atoms with E-state index in [4.69, 9.17) is 9.47 Å². The van der Waals surface area contributed by atoms with Crippen LogP contribution in [-0.4, -0.2) is 37.7 Å². The normalized spacial score (nSPS) is 29.8. The summed E-state index contributed by atoms with van der Waals surface area (Å²) < 4.78 is 10.5. The average molecular weight is 281 g/mol. The monoisotopic (exact) mass is 281 g/mol. The molecule has 0 aromatic rings.